The second-order valence-corrected chi connectivity index (χ2v) is 5.89. The number of anilines is 3. The Kier molecular flexibility index (Phi) is 6.71. The van der Waals surface area contributed by atoms with Crippen molar-refractivity contribution in [3.8, 4) is 0 Å². The summed E-state index contributed by atoms with van der Waals surface area (Å²) >= 11 is 0. The summed E-state index contributed by atoms with van der Waals surface area (Å²) in [5.41, 5.74) is 2.86. The Hall–Kier alpha value is -2.67. The summed E-state index contributed by atoms with van der Waals surface area (Å²) in [4.78, 5) is 23.0. The molecule has 2 rings (SSSR count). The van der Waals surface area contributed by atoms with Crippen molar-refractivity contribution in [2.24, 2.45) is 0 Å². The number of nitrogens with one attached hydrogen (secondary N) is 2. The van der Waals surface area contributed by atoms with Crippen molar-refractivity contribution < 1.29 is 9.53 Å². The molecule has 0 aliphatic carbocycles. The molecule has 1 aromatic carbocycles. The molecule has 0 spiro atoms. The van der Waals surface area contributed by atoms with Gasteiger partial charge in [0.05, 0.1) is 0 Å². The largest absolute Gasteiger partial charge is 0.385 e. The van der Waals surface area contributed by atoms with Gasteiger partial charge in [0, 0.05) is 51.4 Å². The molecule has 0 unspecified atom stereocenters. The van der Waals surface area contributed by atoms with Crippen LogP contribution in [0, 0.1) is 6.92 Å². The molecule has 25 heavy (non-hydrogen) atoms. The predicted octanol–water partition coefficient (Wildman–Crippen LogP) is 2.55. The van der Waals surface area contributed by atoms with Crippen molar-refractivity contribution in [1.82, 2.24) is 9.97 Å². The fourth-order valence-corrected chi connectivity index (χ4v) is 2.22. The molecule has 7 nitrogen and oxygen atoms in total. The van der Waals surface area contributed by atoms with E-state index >= 15 is 0 Å². The van der Waals surface area contributed by atoms with Crippen molar-refractivity contribution in [2.75, 3.05) is 49.9 Å². The van der Waals surface area contributed by atoms with Gasteiger partial charge in [-0.1, -0.05) is 0 Å². The topological polar surface area (TPSA) is 79.4 Å². The smallest absolute Gasteiger partial charge is 0.274 e. The van der Waals surface area contributed by atoms with Crippen LogP contribution in [0.25, 0.3) is 0 Å². The summed E-state index contributed by atoms with van der Waals surface area (Å²) in [6.07, 6.45) is 0.841. The zero-order chi connectivity index (χ0) is 18.2. The van der Waals surface area contributed by atoms with Gasteiger partial charge >= 0.3 is 0 Å². The fraction of sp³-hybridized carbons (Fsp3) is 0.389. The number of amides is 1. The second-order valence-electron chi connectivity index (χ2n) is 5.89. The average Bonchev–Trinajstić information content (AvgIpc) is 2.58. The number of carbonyl (C=O) groups excluding carboxylic acids is 1. The molecule has 1 heterocycles. The molecule has 1 amide bonds. The summed E-state index contributed by atoms with van der Waals surface area (Å²) in [7, 11) is 5.60. The van der Waals surface area contributed by atoms with Crippen LogP contribution in [0.15, 0.2) is 30.3 Å². The highest BCUT2D eigenvalue weighted by atomic mass is 16.5. The van der Waals surface area contributed by atoms with Crippen molar-refractivity contribution >= 4 is 23.2 Å². The Labute approximate surface area is 148 Å². The van der Waals surface area contributed by atoms with E-state index in [-0.39, 0.29) is 5.91 Å². The zero-order valence-corrected chi connectivity index (χ0v) is 15.2. The molecule has 0 saturated heterocycles. The van der Waals surface area contributed by atoms with Gasteiger partial charge in [-0.15, -0.1) is 0 Å². The van der Waals surface area contributed by atoms with Crippen molar-refractivity contribution in [3.63, 3.8) is 0 Å². The standard InChI is InChI=1S/C18H25N5O2/c1-13-12-16(22-18(20-13)19-10-5-11-25-4)17(24)21-14-6-8-15(9-7-14)23(2)3/h6-9,12H,5,10-11H2,1-4H3,(H,21,24)(H,19,20,22). The lowest BCUT2D eigenvalue weighted by Crippen LogP contribution is -2.17. The van der Waals surface area contributed by atoms with Crippen molar-refractivity contribution in [3.05, 3.63) is 41.7 Å². The third kappa shape index (κ3) is 5.72. The summed E-state index contributed by atoms with van der Waals surface area (Å²) in [5, 5.41) is 5.97. The minimum absolute atomic E-state index is 0.261. The number of methoxy groups -OCH3 is 1. The van der Waals surface area contributed by atoms with Crippen molar-refractivity contribution in [2.45, 2.75) is 13.3 Å². The summed E-state index contributed by atoms with van der Waals surface area (Å²) in [5.74, 6) is 0.187. The first-order valence-corrected chi connectivity index (χ1v) is 8.17. The van der Waals surface area contributed by atoms with Crippen molar-refractivity contribution in [1.29, 1.82) is 0 Å². The molecule has 0 fully saturated rings. The summed E-state index contributed by atoms with van der Waals surface area (Å²) in [6.45, 7) is 3.18. The van der Waals surface area contributed by atoms with Crippen LogP contribution in [0.1, 0.15) is 22.6 Å². The van der Waals surface area contributed by atoms with Crippen LogP contribution >= 0.6 is 0 Å². The van der Waals surface area contributed by atoms with Crippen LogP contribution < -0.4 is 15.5 Å². The van der Waals surface area contributed by atoms with Crippen LogP contribution in [0.5, 0.6) is 0 Å². The molecule has 2 N–H and O–H groups in total. The zero-order valence-electron chi connectivity index (χ0n) is 15.2. The number of rotatable bonds is 8. The highest BCUT2D eigenvalue weighted by Gasteiger charge is 2.11. The van der Waals surface area contributed by atoms with E-state index < -0.39 is 0 Å². The lowest BCUT2D eigenvalue weighted by atomic mass is 10.2. The first kappa shape index (κ1) is 18.7. The van der Waals surface area contributed by atoms with Crippen LogP contribution in [0.2, 0.25) is 0 Å². The van der Waals surface area contributed by atoms with Gasteiger partial charge in [-0.25, -0.2) is 9.97 Å². The maximum absolute atomic E-state index is 12.5. The number of carbonyl (C=O) groups is 1. The predicted molar refractivity (Wildman–Crippen MR) is 100 cm³/mol. The van der Waals surface area contributed by atoms with Gasteiger partial charge in [0.15, 0.2) is 0 Å². The van der Waals surface area contributed by atoms with Crippen LogP contribution in [0.4, 0.5) is 17.3 Å². The second kappa shape index (κ2) is 8.98. The minimum atomic E-state index is -0.261. The van der Waals surface area contributed by atoms with E-state index in [0.29, 0.717) is 24.8 Å². The average molecular weight is 343 g/mol. The molecular formula is C18H25N5O2. The minimum Gasteiger partial charge on any atom is -0.385 e. The Morgan fingerprint density at radius 3 is 2.56 bits per heavy atom. The first-order chi connectivity index (χ1) is 12.0. The molecule has 134 valence electrons. The number of nitrogens with zero attached hydrogens (tertiary/aromatic N) is 3. The Morgan fingerprint density at radius 1 is 1.20 bits per heavy atom. The van der Waals surface area contributed by atoms with E-state index in [1.807, 2.05) is 50.2 Å². The molecule has 0 aliphatic heterocycles. The molecule has 7 heteroatoms. The SMILES string of the molecule is COCCCNc1nc(C)cc(C(=O)Nc2ccc(N(C)C)cc2)n1. The van der Waals surface area contributed by atoms with Gasteiger partial charge in [-0.05, 0) is 43.7 Å². The van der Waals surface area contributed by atoms with E-state index in [0.717, 1.165) is 23.5 Å². The normalized spacial score (nSPS) is 10.4. The lowest BCUT2D eigenvalue weighted by molar-refractivity contribution is 0.102. The van der Waals surface area contributed by atoms with Crippen LogP contribution in [-0.4, -0.2) is 50.2 Å². The van der Waals surface area contributed by atoms with Crippen LogP contribution in [0.3, 0.4) is 0 Å². The quantitative estimate of drug-likeness (QED) is 0.717. The van der Waals surface area contributed by atoms with E-state index in [2.05, 4.69) is 20.6 Å². The van der Waals surface area contributed by atoms with E-state index in [9.17, 15) is 4.79 Å². The Balaban J connectivity index is 2.04. The third-order valence-electron chi connectivity index (χ3n) is 3.54. The lowest BCUT2D eigenvalue weighted by Gasteiger charge is -2.13. The van der Waals surface area contributed by atoms with E-state index in [1.54, 1.807) is 13.2 Å². The molecule has 2 aromatic rings. The van der Waals surface area contributed by atoms with Gasteiger partial charge in [-0.3, -0.25) is 4.79 Å². The maximum atomic E-state index is 12.5. The Bertz CT molecular complexity index is 701. The molecular weight excluding hydrogens is 318 g/mol. The highest BCUT2D eigenvalue weighted by molar-refractivity contribution is 6.03. The molecule has 1 aromatic heterocycles. The molecule has 0 radical (unpaired) electrons. The molecule has 0 saturated carbocycles. The van der Waals surface area contributed by atoms with E-state index in [1.165, 1.54) is 0 Å². The highest BCUT2D eigenvalue weighted by Crippen LogP contribution is 2.16. The first-order valence-electron chi connectivity index (χ1n) is 8.17. The maximum Gasteiger partial charge on any atom is 0.274 e. The number of benzene rings is 1. The molecule has 0 atom stereocenters. The number of aryl methyl sites for hydroxylation is 1. The molecule has 0 aliphatic rings. The van der Waals surface area contributed by atoms with E-state index in [4.69, 9.17) is 4.74 Å². The number of aromatic nitrogens is 2. The van der Waals surface area contributed by atoms with Gasteiger partial charge < -0.3 is 20.3 Å². The monoisotopic (exact) mass is 343 g/mol. The van der Waals surface area contributed by atoms with Crippen LogP contribution in [-0.2, 0) is 4.74 Å². The number of hydrogen-bond acceptors (Lipinski definition) is 6. The number of ether oxygens (including phenoxy) is 1. The fourth-order valence-electron chi connectivity index (χ4n) is 2.22. The summed E-state index contributed by atoms with van der Waals surface area (Å²) < 4.78 is 5.01. The Morgan fingerprint density at radius 2 is 1.92 bits per heavy atom. The third-order valence-corrected chi connectivity index (χ3v) is 3.54. The molecule has 0 bridgehead atoms. The number of hydrogen-bond donors (Lipinski definition) is 2. The summed E-state index contributed by atoms with van der Waals surface area (Å²) in [6, 6.07) is 9.30. The van der Waals surface area contributed by atoms with Gasteiger partial charge in [0.25, 0.3) is 5.91 Å². The van der Waals surface area contributed by atoms with Gasteiger partial charge in [0.1, 0.15) is 5.69 Å². The van der Waals surface area contributed by atoms with Gasteiger partial charge in [0.2, 0.25) is 5.95 Å². The van der Waals surface area contributed by atoms with Gasteiger partial charge in [-0.2, -0.15) is 0 Å².